The van der Waals surface area contributed by atoms with E-state index in [0.29, 0.717) is 12.0 Å². The average molecular weight is 394 g/mol. The Hall–Kier alpha value is -2.44. The molecule has 0 aromatic heterocycles. The van der Waals surface area contributed by atoms with Crippen molar-refractivity contribution in [3.8, 4) is 16.9 Å². The lowest BCUT2D eigenvalue weighted by atomic mass is 9.94. The van der Waals surface area contributed by atoms with Crippen LogP contribution in [0, 0.1) is 5.92 Å². The van der Waals surface area contributed by atoms with Crippen molar-refractivity contribution in [1.29, 1.82) is 0 Å². The van der Waals surface area contributed by atoms with Gasteiger partial charge in [0, 0.05) is 18.1 Å². The number of phenolic OH excluding ortho intramolecular Hbond substituents is 1. The van der Waals surface area contributed by atoms with Gasteiger partial charge in [0.15, 0.2) is 0 Å². The first-order chi connectivity index (χ1) is 14.0. The Balaban J connectivity index is 1.60. The van der Waals surface area contributed by atoms with Crippen LogP contribution in [0.5, 0.6) is 5.75 Å². The molecule has 0 radical (unpaired) electrons. The van der Waals surface area contributed by atoms with Crippen LogP contribution in [-0.2, 0) is 11.2 Å². The molecule has 4 rings (SSSR count). The molecule has 1 aliphatic heterocycles. The molecule has 1 saturated heterocycles. The summed E-state index contributed by atoms with van der Waals surface area (Å²) in [5.74, 6) is -0.310. The number of fused-ring (bicyclic) bond motifs is 1. The third kappa shape index (κ3) is 3.87. The molecule has 29 heavy (non-hydrogen) atoms. The predicted molar refractivity (Wildman–Crippen MR) is 110 cm³/mol. The van der Waals surface area contributed by atoms with Gasteiger partial charge in [0.1, 0.15) is 24.1 Å². The summed E-state index contributed by atoms with van der Waals surface area (Å²) in [4.78, 5) is 0. The molecule has 5 unspecified atom stereocenters. The molecule has 1 aromatic rings. The van der Waals surface area contributed by atoms with Crippen LogP contribution in [-0.4, -0.2) is 45.3 Å². The maximum absolute atomic E-state index is 10.5. The van der Waals surface area contributed by atoms with E-state index >= 15 is 0 Å². The topological polar surface area (TPSA) is 90.2 Å². The van der Waals surface area contributed by atoms with Gasteiger partial charge in [-0.05, 0) is 40.8 Å². The van der Waals surface area contributed by atoms with Crippen LogP contribution in [0.3, 0.4) is 0 Å². The van der Waals surface area contributed by atoms with Gasteiger partial charge in [-0.1, -0.05) is 55.5 Å². The molecule has 1 fully saturated rings. The van der Waals surface area contributed by atoms with Crippen LogP contribution in [0.2, 0.25) is 0 Å². The van der Waals surface area contributed by atoms with Crippen molar-refractivity contribution in [2.24, 2.45) is 5.92 Å². The Kier molecular flexibility index (Phi) is 5.56. The highest BCUT2D eigenvalue weighted by Crippen LogP contribution is 2.40. The van der Waals surface area contributed by atoms with E-state index in [-0.39, 0.29) is 18.3 Å². The summed E-state index contributed by atoms with van der Waals surface area (Å²) in [6.07, 6.45) is -3.15. The van der Waals surface area contributed by atoms with Gasteiger partial charge in [-0.2, -0.15) is 0 Å². The maximum Gasteiger partial charge on any atom is 0.121 e. The number of aliphatic hydroxyl groups excluding tert-OH is 3. The number of benzene rings is 1. The van der Waals surface area contributed by atoms with Crippen molar-refractivity contribution in [3.63, 3.8) is 0 Å². The van der Waals surface area contributed by atoms with Crippen molar-refractivity contribution in [1.82, 2.24) is 0 Å². The number of hydrogen-bond donors (Lipinski definition) is 4. The molecule has 3 aliphatic rings. The summed E-state index contributed by atoms with van der Waals surface area (Å²) in [5.41, 5.74) is 4.91. The second-order valence-electron chi connectivity index (χ2n) is 7.92. The highest BCUT2D eigenvalue weighted by molar-refractivity contribution is 5.68. The highest BCUT2D eigenvalue weighted by atomic mass is 16.5. The average Bonchev–Trinajstić information content (AvgIpc) is 3.14. The molecule has 2 aliphatic carbocycles. The number of hydrogen-bond acceptors (Lipinski definition) is 5. The summed E-state index contributed by atoms with van der Waals surface area (Å²) in [6.45, 7) is 1.59. The quantitative estimate of drug-likeness (QED) is 0.534. The van der Waals surface area contributed by atoms with Crippen molar-refractivity contribution >= 4 is 0 Å². The number of phenols is 1. The largest absolute Gasteiger partial charge is 0.508 e. The lowest BCUT2D eigenvalue weighted by molar-refractivity contribution is -0.0356. The Morgan fingerprint density at radius 1 is 0.897 bits per heavy atom. The van der Waals surface area contributed by atoms with E-state index in [1.165, 1.54) is 11.1 Å². The molecule has 0 spiro atoms. The van der Waals surface area contributed by atoms with Crippen molar-refractivity contribution in [2.75, 3.05) is 6.61 Å². The minimum atomic E-state index is -1.17. The van der Waals surface area contributed by atoms with Crippen LogP contribution in [0.1, 0.15) is 29.7 Å². The first-order valence-corrected chi connectivity index (χ1v) is 9.90. The van der Waals surface area contributed by atoms with Gasteiger partial charge in [-0.3, -0.25) is 0 Å². The highest BCUT2D eigenvalue weighted by Gasteiger charge is 2.46. The summed E-state index contributed by atoms with van der Waals surface area (Å²) < 4.78 is 5.85. The van der Waals surface area contributed by atoms with E-state index in [9.17, 15) is 20.4 Å². The summed E-state index contributed by atoms with van der Waals surface area (Å²) in [7, 11) is 0. The number of aromatic hydroxyl groups is 1. The minimum absolute atomic E-state index is 0.0157. The van der Waals surface area contributed by atoms with Crippen LogP contribution < -0.4 is 0 Å². The van der Waals surface area contributed by atoms with Crippen LogP contribution in [0.25, 0.3) is 11.1 Å². The number of aliphatic hydroxyl groups is 3. The Labute approximate surface area is 170 Å². The first-order valence-electron chi connectivity index (χ1n) is 9.90. The molecule has 5 nitrogen and oxygen atoms in total. The molecular formula is C24H26O5. The Morgan fingerprint density at radius 3 is 2.24 bits per heavy atom. The number of ether oxygens (including phenoxy) is 1. The van der Waals surface area contributed by atoms with E-state index in [2.05, 4.69) is 24.3 Å². The van der Waals surface area contributed by atoms with Gasteiger partial charge in [0.05, 0.1) is 6.10 Å². The molecule has 5 atom stereocenters. The third-order valence-electron chi connectivity index (χ3n) is 5.74. The van der Waals surface area contributed by atoms with Gasteiger partial charge >= 0.3 is 0 Å². The molecule has 0 bridgehead atoms. The van der Waals surface area contributed by atoms with Gasteiger partial charge in [-0.25, -0.2) is 0 Å². The van der Waals surface area contributed by atoms with E-state index in [1.54, 1.807) is 13.0 Å². The lowest BCUT2D eigenvalue weighted by Gasteiger charge is -2.20. The van der Waals surface area contributed by atoms with Crippen molar-refractivity contribution < 1.29 is 25.2 Å². The van der Waals surface area contributed by atoms with Gasteiger partial charge in [0.25, 0.3) is 0 Å². The van der Waals surface area contributed by atoms with Crippen LogP contribution in [0.15, 0.2) is 60.7 Å². The van der Waals surface area contributed by atoms with Gasteiger partial charge in [-0.15, -0.1) is 0 Å². The molecule has 0 saturated carbocycles. The third-order valence-corrected chi connectivity index (χ3v) is 5.74. The molecule has 1 heterocycles. The standard InChI is InChI=1S/C24H26O5/c1-14(13-25)23-21(27)22(28)24(29-23)19-12-15(7-8-20(19)26)9-16-10-17-5-3-2-4-6-18(17)11-16/h2-8,10-12,14,21-28H,9,13H2,1H3. The zero-order valence-corrected chi connectivity index (χ0v) is 16.3. The van der Waals surface area contributed by atoms with Crippen molar-refractivity contribution in [2.45, 2.75) is 37.8 Å². The monoisotopic (exact) mass is 394 g/mol. The molecule has 0 amide bonds. The molecule has 5 heteroatoms. The van der Waals surface area contributed by atoms with Crippen LogP contribution in [0.4, 0.5) is 0 Å². The molecule has 152 valence electrons. The van der Waals surface area contributed by atoms with E-state index in [4.69, 9.17) is 4.74 Å². The Morgan fingerprint density at radius 2 is 1.59 bits per heavy atom. The Bertz CT molecular complexity index is 925. The second kappa shape index (κ2) is 8.13. The molecular weight excluding hydrogens is 368 g/mol. The fourth-order valence-electron chi connectivity index (χ4n) is 4.09. The van der Waals surface area contributed by atoms with Gasteiger partial charge in [0.2, 0.25) is 0 Å². The normalized spacial score (nSPS) is 25.4. The second-order valence-corrected chi connectivity index (χ2v) is 7.92. The van der Waals surface area contributed by atoms with E-state index in [0.717, 1.165) is 11.1 Å². The SMILES string of the molecule is CC(CO)C1OC(c2cc(Cc3cc4cccccc-4c3)ccc2O)C(O)C1O. The lowest BCUT2D eigenvalue weighted by Crippen LogP contribution is -2.35. The predicted octanol–water partition coefficient (Wildman–Crippen LogP) is 2.88. The first kappa shape index (κ1) is 19.9. The van der Waals surface area contributed by atoms with E-state index in [1.807, 2.05) is 30.3 Å². The maximum atomic E-state index is 10.5. The molecule has 1 aromatic carbocycles. The molecule has 4 N–H and O–H groups in total. The van der Waals surface area contributed by atoms with Gasteiger partial charge < -0.3 is 25.2 Å². The van der Waals surface area contributed by atoms with Crippen LogP contribution >= 0.6 is 0 Å². The smallest absolute Gasteiger partial charge is 0.121 e. The van der Waals surface area contributed by atoms with E-state index < -0.39 is 24.4 Å². The minimum Gasteiger partial charge on any atom is -0.508 e. The fourth-order valence-corrected chi connectivity index (χ4v) is 4.09. The summed E-state index contributed by atoms with van der Waals surface area (Å²) in [5, 5.41) is 40.5. The zero-order valence-electron chi connectivity index (χ0n) is 16.3. The van der Waals surface area contributed by atoms with Crippen molar-refractivity contribution in [3.05, 3.63) is 77.4 Å². The zero-order chi connectivity index (χ0) is 20.5. The number of rotatable bonds is 5. The summed E-state index contributed by atoms with van der Waals surface area (Å²) in [6, 6.07) is 19.7. The summed E-state index contributed by atoms with van der Waals surface area (Å²) >= 11 is 0. The fraction of sp³-hybridized carbons (Fsp3) is 0.333.